The number of halogens is 1. The van der Waals surface area contributed by atoms with Gasteiger partial charge in [0.25, 0.3) is 0 Å². The minimum absolute atomic E-state index is 0.675. The van der Waals surface area contributed by atoms with E-state index < -0.39 is 0 Å². The van der Waals surface area contributed by atoms with Gasteiger partial charge in [-0.05, 0) is 60.7 Å². The maximum Gasteiger partial charge on any atom is 0.161 e. The Morgan fingerprint density at radius 1 is 0.730 bits per heavy atom. The van der Waals surface area contributed by atoms with Crippen LogP contribution in [0.2, 0.25) is 5.02 Å². The van der Waals surface area contributed by atoms with E-state index in [1.165, 1.54) is 0 Å². The highest BCUT2D eigenvalue weighted by atomic mass is 35.5. The van der Waals surface area contributed by atoms with Crippen LogP contribution in [0.3, 0.4) is 0 Å². The van der Waals surface area contributed by atoms with Crippen LogP contribution < -0.4 is 14.8 Å². The van der Waals surface area contributed by atoms with Gasteiger partial charge in [0.05, 0.1) is 12.6 Å². The number of rotatable bonds is 6. The van der Waals surface area contributed by atoms with Crippen LogP contribution in [0, 0.1) is 0 Å². The van der Waals surface area contributed by atoms with Crippen molar-refractivity contribution in [3.05, 3.63) is 108 Å². The van der Waals surface area contributed by atoms with Gasteiger partial charge in [0, 0.05) is 38.6 Å². The highest BCUT2D eigenvalue weighted by Crippen LogP contribution is 2.34. The van der Waals surface area contributed by atoms with Gasteiger partial charge in [-0.25, -0.2) is 0 Å². The molecule has 0 saturated heterocycles. The number of fused-ring (bicyclic) bond motifs is 2. The molecule has 0 saturated carbocycles. The minimum Gasteiger partial charge on any atom is -0.497 e. The Kier molecular flexibility index (Phi) is 6.00. The fraction of sp³-hybridized carbons (Fsp3) is 0.0333. The summed E-state index contributed by atoms with van der Waals surface area (Å²) in [5.41, 5.74) is 3.47. The molecule has 4 aromatic carbocycles. The Morgan fingerprint density at radius 2 is 1.49 bits per heavy atom. The second-order valence-electron chi connectivity index (χ2n) is 8.39. The summed E-state index contributed by atoms with van der Waals surface area (Å²) in [5, 5.41) is 16.0. The molecule has 180 valence electrons. The third kappa shape index (κ3) is 4.62. The van der Waals surface area contributed by atoms with E-state index in [1.807, 2.05) is 97.1 Å². The fourth-order valence-electron chi connectivity index (χ4n) is 4.20. The van der Waals surface area contributed by atoms with Crippen LogP contribution >= 0.6 is 11.6 Å². The zero-order chi connectivity index (χ0) is 25.2. The van der Waals surface area contributed by atoms with Crippen molar-refractivity contribution in [1.29, 1.82) is 0 Å². The maximum absolute atomic E-state index is 6.18. The first-order valence-electron chi connectivity index (χ1n) is 11.7. The van der Waals surface area contributed by atoms with Gasteiger partial charge in [-0.15, -0.1) is 10.2 Å². The van der Waals surface area contributed by atoms with Gasteiger partial charge in [-0.1, -0.05) is 48.0 Å². The number of aromatic nitrogens is 3. The summed E-state index contributed by atoms with van der Waals surface area (Å²) in [5.74, 6) is 2.84. The zero-order valence-corrected chi connectivity index (χ0v) is 20.6. The van der Waals surface area contributed by atoms with Crippen molar-refractivity contribution in [2.45, 2.75) is 0 Å². The van der Waals surface area contributed by atoms with Crippen LogP contribution in [-0.2, 0) is 0 Å². The maximum atomic E-state index is 6.18. The second kappa shape index (κ2) is 9.76. The number of ether oxygens (including phenoxy) is 2. The number of methoxy groups -OCH3 is 1. The molecule has 0 unspecified atom stereocenters. The van der Waals surface area contributed by atoms with Crippen LogP contribution in [0.15, 0.2) is 103 Å². The number of hydrogen-bond donors (Lipinski definition) is 1. The number of nitrogens with zero attached hydrogens (tertiary/aromatic N) is 3. The molecule has 0 aliphatic heterocycles. The average molecular weight is 505 g/mol. The largest absolute Gasteiger partial charge is 0.497 e. The van der Waals surface area contributed by atoms with Gasteiger partial charge in [-0.3, -0.25) is 4.98 Å². The van der Waals surface area contributed by atoms with E-state index in [0.717, 1.165) is 44.4 Å². The molecule has 0 aliphatic rings. The summed E-state index contributed by atoms with van der Waals surface area (Å²) in [4.78, 5) is 4.41. The summed E-state index contributed by atoms with van der Waals surface area (Å²) in [6.07, 6.45) is 1.73. The van der Waals surface area contributed by atoms with Gasteiger partial charge in [-0.2, -0.15) is 0 Å². The van der Waals surface area contributed by atoms with E-state index in [4.69, 9.17) is 21.1 Å². The Morgan fingerprint density at radius 3 is 2.27 bits per heavy atom. The zero-order valence-electron chi connectivity index (χ0n) is 19.9. The summed E-state index contributed by atoms with van der Waals surface area (Å²) < 4.78 is 11.5. The van der Waals surface area contributed by atoms with Crippen LogP contribution in [0.25, 0.3) is 32.9 Å². The number of nitrogens with one attached hydrogen (secondary N) is 1. The van der Waals surface area contributed by atoms with E-state index in [2.05, 4.69) is 20.5 Å². The van der Waals surface area contributed by atoms with Gasteiger partial charge in [0.2, 0.25) is 0 Å². The SMILES string of the molecule is COc1ccc2nccc(Oc3ccc(Nc4nnc(-c5ccc(Cl)cc5)c5ccccc45)cc3)c2c1. The predicted molar refractivity (Wildman–Crippen MR) is 148 cm³/mol. The quantitative estimate of drug-likeness (QED) is 0.247. The van der Waals surface area contributed by atoms with Crippen LogP contribution in [-0.4, -0.2) is 22.3 Å². The Hall–Kier alpha value is -4.68. The molecule has 6 rings (SSSR count). The van der Waals surface area contributed by atoms with Crippen molar-refractivity contribution in [3.63, 3.8) is 0 Å². The van der Waals surface area contributed by atoms with Gasteiger partial charge >= 0.3 is 0 Å². The first-order chi connectivity index (χ1) is 18.2. The molecule has 37 heavy (non-hydrogen) atoms. The lowest BCUT2D eigenvalue weighted by Crippen LogP contribution is -1.99. The standard InChI is InChI=1S/C30H21ClN4O2/c1-36-23-14-15-27-26(18-23)28(16-17-32-27)37-22-12-10-21(11-13-22)33-30-25-5-3-2-4-24(25)29(34-35-30)19-6-8-20(31)9-7-19/h2-18H,1H3,(H,33,35). The van der Waals surface area contributed by atoms with Crippen molar-refractivity contribution < 1.29 is 9.47 Å². The Balaban J connectivity index is 1.27. The molecule has 0 radical (unpaired) electrons. The molecule has 7 heteroatoms. The van der Waals surface area contributed by atoms with Gasteiger partial charge < -0.3 is 14.8 Å². The molecule has 1 N–H and O–H groups in total. The average Bonchev–Trinajstić information content (AvgIpc) is 2.95. The summed E-state index contributed by atoms with van der Waals surface area (Å²) in [7, 11) is 1.64. The molecular weight excluding hydrogens is 484 g/mol. The molecule has 0 spiro atoms. The van der Waals surface area contributed by atoms with Crippen LogP contribution in [0.5, 0.6) is 17.2 Å². The summed E-state index contributed by atoms with van der Waals surface area (Å²) in [6, 6.07) is 31.0. The minimum atomic E-state index is 0.675. The van der Waals surface area contributed by atoms with Gasteiger partial charge in [0.15, 0.2) is 5.82 Å². The normalized spacial score (nSPS) is 11.0. The molecule has 6 nitrogen and oxygen atoms in total. The van der Waals surface area contributed by atoms with E-state index in [9.17, 15) is 0 Å². The summed E-state index contributed by atoms with van der Waals surface area (Å²) in [6.45, 7) is 0. The molecule has 0 aliphatic carbocycles. The number of hydrogen-bond acceptors (Lipinski definition) is 6. The lowest BCUT2D eigenvalue weighted by atomic mass is 10.0. The molecule has 0 amide bonds. The van der Waals surface area contributed by atoms with E-state index >= 15 is 0 Å². The lowest BCUT2D eigenvalue weighted by molar-refractivity contribution is 0.415. The number of anilines is 2. The predicted octanol–water partition coefficient (Wildman–Crippen LogP) is 8.04. The van der Waals surface area contributed by atoms with E-state index in [0.29, 0.717) is 22.3 Å². The highest BCUT2D eigenvalue weighted by molar-refractivity contribution is 6.30. The number of benzene rings is 4. The molecule has 6 aromatic rings. The van der Waals surface area contributed by atoms with Gasteiger partial charge in [0.1, 0.15) is 22.9 Å². The molecular formula is C30H21ClN4O2. The van der Waals surface area contributed by atoms with E-state index in [-0.39, 0.29) is 0 Å². The molecule has 2 aromatic heterocycles. The first kappa shape index (κ1) is 22.8. The fourth-order valence-corrected chi connectivity index (χ4v) is 4.33. The Bertz CT molecular complexity index is 1720. The smallest absolute Gasteiger partial charge is 0.161 e. The van der Waals surface area contributed by atoms with Crippen molar-refractivity contribution in [2.24, 2.45) is 0 Å². The third-order valence-electron chi connectivity index (χ3n) is 6.06. The number of pyridine rings is 1. The monoisotopic (exact) mass is 504 g/mol. The highest BCUT2D eigenvalue weighted by Gasteiger charge is 2.12. The first-order valence-corrected chi connectivity index (χ1v) is 12.0. The lowest BCUT2D eigenvalue weighted by Gasteiger charge is -2.12. The van der Waals surface area contributed by atoms with Crippen LogP contribution in [0.1, 0.15) is 0 Å². The molecule has 0 bridgehead atoms. The van der Waals surface area contributed by atoms with Crippen molar-refractivity contribution >= 4 is 44.8 Å². The third-order valence-corrected chi connectivity index (χ3v) is 6.31. The topological polar surface area (TPSA) is 69.2 Å². The van der Waals surface area contributed by atoms with Crippen molar-refractivity contribution in [3.8, 4) is 28.5 Å². The van der Waals surface area contributed by atoms with E-state index in [1.54, 1.807) is 13.3 Å². The van der Waals surface area contributed by atoms with Crippen molar-refractivity contribution in [2.75, 3.05) is 12.4 Å². The van der Waals surface area contributed by atoms with Crippen molar-refractivity contribution in [1.82, 2.24) is 15.2 Å². The second-order valence-corrected chi connectivity index (χ2v) is 8.83. The Labute approximate surface area is 218 Å². The molecule has 0 fully saturated rings. The molecule has 0 atom stereocenters. The molecule has 2 heterocycles. The van der Waals surface area contributed by atoms with Crippen LogP contribution in [0.4, 0.5) is 11.5 Å². The summed E-state index contributed by atoms with van der Waals surface area (Å²) >= 11 is 6.06.